The summed E-state index contributed by atoms with van der Waals surface area (Å²) in [5.41, 5.74) is -0.125. The van der Waals surface area contributed by atoms with Gasteiger partial charge in [0.2, 0.25) is 0 Å². The van der Waals surface area contributed by atoms with Crippen molar-refractivity contribution in [3.05, 3.63) is 21.8 Å². The van der Waals surface area contributed by atoms with Gasteiger partial charge in [-0.3, -0.25) is 0 Å². The zero-order chi connectivity index (χ0) is 17.6. The van der Waals surface area contributed by atoms with Gasteiger partial charge in [0.05, 0.1) is 37.3 Å². The van der Waals surface area contributed by atoms with Crippen molar-refractivity contribution in [2.24, 2.45) is 5.41 Å². The van der Waals surface area contributed by atoms with Crippen molar-refractivity contribution in [2.45, 2.75) is 26.4 Å². The van der Waals surface area contributed by atoms with E-state index in [1.807, 2.05) is 20.8 Å². The molecule has 0 spiro atoms. The number of esters is 2. The first-order valence-electron chi connectivity index (χ1n) is 7.19. The van der Waals surface area contributed by atoms with Gasteiger partial charge in [-0.15, -0.1) is 0 Å². The highest BCUT2D eigenvalue weighted by Crippen LogP contribution is 2.71. The van der Waals surface area contributed by atoms with Gasteiger partial charge in [0.25, 0.3) is 0 Å². The molecule has 128 valence electrons. The van der Waals surface area contributed by atoms with Crippen LogP contribution in [-0.4, -0.2) is 44.6 Å². The van der Waals surface area contributed by atoms with Crippen molar-refractivity contribution in [2.75, 3.05) is 27.0 Å². The molecule has 0 amide bonds. The summed E-state index contributed by atoms with van der Waals surface area (Å²) in [7, 11) is 2.55. The molecule has 0 aromatic heterocycles. The van der Waals surface area contributed by atoms with Crippen molar-refractivity contribution >= 4 is 41.6 Å². The summed E-state index contributed by atoms with van der Waals surface area (Å²) in [6, 6.07) is 0. The Kier molecular flexibility index (Phi) is 5.13. The van der Waals surface area contributed by atoms with Crippen molar-refractivity contribution in [1.82, 2.24) is 0 Å². The van der Waals surface area contributed by atoms with Crippen LogP contribution in [0.1, 0.15) is 20.8 Å². The summed E-state index contributed by atoms with van der Waals surface area (Å²) < 4.78 is 15.7. The smallest absolute Gasteiger partial charge is 0.335 e. The molecule has 1 aliphatic carbocycles. The molecule has 2 aliphatic heterocycles. The van der Waals surface area contributed by atoms with Gasteiger partial charge in [0.1, 0.15) is 0 Å². The van der Waals surface area contributed by atoms with Crippen LogP contribution in [0.2, 0.25) is 0 Å². The molecule has 23 heavy (non-hydrogen) atoms. The molecule has 2 heterocycles. The molecular formula is C15H20ClO5PS. The molecule has 3 aliphatic rings. The molecule has 0 N–H and O–H groups in total. The molecule has 0 saturated heterocycles. The fourth-order valence-corrected chi connectivity index (χ4v) is 9.31. The predicted octanol–water partition coefficient (Wildman–Crippen LogP) is 2.97. The summed E-state index contributed by atoms with van der Waals surface area (Å²) >= 11 is 12.4. The van der Waals surface area contributed by atoms with E-state index in [1.54, 1.807) is 0 Å². The van der Waals surface area contributed by atoms with Crippen molar-refractivity contribution in [3.8, 4) is 0 Å². The molecule has 3 atom stereocenters. The van der Waals surface area contributed by atoms with Gasteiger partial charge in [0.15, 0.2) is 0 Å². The lowest BCUT2D eigenvalue weighted by atomic mass is 9.73. The van der Waals surface area contributed by atoms with Crippen molar-refractivity contribution < 1.29 is 23.6 Å². The van der Waals surface area contributed by atoms with Gasteiger partial charge < -0.3 is 14.0 Å². The standard InChI is InChI=1S/C15H20ClO5PS/c1-6-21-22(23)7-15(3)10(14(18)20-5)9(13(17)19-4)11(22)8(2)12(15)16/h11H,6-7H2,1-5H3/t11-,15-,22?/m0/s1. The maximum atomic E-state index is 12.4. The van der Waals surface area contributed by atoms with Crippen LogP contribution in [-0.2, 0) is 35.4 Å². The number of hydrogen-bond donors (Lipinski definition) is 0. The third-order valence-corrected chi connectivity index (χ3v) is 9.66. The lowest BCUT2D eigenvalue weighted by Gasteiger charge is -2.51. The van der Waals surface area contributed by atoms with E-state index in [1.165, 1.54) is 14.2 Å². The molecule has 0 fully saturated rings. The Hall–Kier alpha value is -0.680. The van der Waals surface area contributed by atoms with Crippen LogP contribution in [0.25, 0.3) is 0 Å². The van der Waals surface area contributed by atoms with Crippen LogP contribution >= 0.6 is 17.9 Å². The van der Waals surface area contributed by atoms with Crippen LogP contribution in [0.3, 0.4) is 0 Å². The second-order valence-corrected chi connectivity index (χ2v) is 10.6. The first kappa shape index (κ1) is 18.7. The summed E-state index contributed by atoms with van der Waals surface area (Å²) in [5.74, 6) is -1.17. The number of hydrogen-bond acceptors (Lipinski definition) is 6. The lowest BCUT2D eigenvalue weighted by molar-refractivity contribution is -0.140. The van der Waals surface area contributed by atoms with Crippen LogP contribution in [0.5, 0.6) is 0 Å². The van der Waals surface area contributed by atoms with Gasteiger partial charge in [0, 0.05) is 23.2 Å². The summed E-state index contributed by atoms with van der Waals surface area (Å²) in [4.78, 5) is 24.8. The fraction of sp³-hybridized carbons (Fsp3) is 0.600. The number of carbonyl (C=O) groups excluding carboxylic acids is 2. The molecule has 8 heteroatoms. The SMILES string of the molecule is CCOP1(=S)C[C@]2(C)C(Cl)=C(C)[C@H]1C(C(=O)OC)=C2C(=O)OC. The third-order valence-electron chi connectivity index (χ3n) is 4.41. The molecule has 0 radical (unpaired) electrons. The van der Waals surface area contributed by atoms with E-state index >= 15 is 0 Å². The summed E-state index contributed by atoms with van der Waals surface area (Å²) in [6.07, 6.45) is -1.99. The van der Waals surface area contributed by atoms with Gasteiger partial charge in [-0.2, -0.15) is 0 Å². The Morgan fingerprint density at radius 3 is 2.39 bits per heavy atom. The Bertz CT molecular complexity index is 683. The summed E-state index contributed by atoms with van der Waals surface area (Å²) in [5, 5.41) is 0.538. The number of carbonyl (C=O) groups is 2. The van der Waals surface area contributed by atoms with Gasteiger partial charge in [-0.05, 0) is 26.3 Å². The topological polar surface area (TPSA) is 61.8 Å². The molecule has 5 nitrogen and oxygen atoms in total. The molecule has 2 bridgehead atoms. The molecule has 0 aromatic rings. The van der Waals surface area contributed by atoms with E-state index in [0.717, 1.165) is 5.57 Å². The normalized spacial score (nSPS) is 33.0. The average molecular weight is 379 g/mol. The van der Waals surface area contributed by atoms with E-state index in [9.17, 15) is 9.59 Å². The third kappa shape index (κ3) is 2.60. The first-order valence-corrected chi connectivity index (χ1v) is 10.5. The monoisotopic (exact) mass is 378 g/mol. The largest absolute Gasteiger partial charge is 0.466 e. The van der Waals surface area contributed by atoms with E-state index in [2.05, 4.69) is 0 Å². The second kappa shape index (κ2) is 6.32. The lowest BCUT2D eigenvalue weighted by Crippen LogP contribution is -2.46. The number of methoxy groups -OCH3 is 2. The zero-order valence-corrected chi connectivity index (χ0v) is 16.2. The van der Waals surface area contributed by atoms with Gasteiger partial charge in [-0.25, -0.2) is 9.59 Å². The number of fused-ring (bicyclic) bond motifs is 1. The average Bonchev–Trinajstić information content (AvgIpc) is 2.50. The van der Waals surface area contributed by atoms with Gasteiger partial charge in [-0.1, -0.05) is 23.4 Å². The maximum Gasteiger partial charge on any atom is 0.335 e. The Labute approximate surface area is 146 Å². The number of rotatable bonds is 4. The first-order chi connectivity index (χ1) is 10.7. The van der Waals surface area contributed by atoms with Crippen LogP contribution < -0.4 is 0 Å². The number of halogens is 1. The molecule has 0 saturated carbocycles. The highest BCUT2D eigenvalue weighted by molar-refractivity contribution is 8.12. The Balaban J connectivity index is 2.82. The molecule has 0 aromatic carbocycles. The van der Waals surface area contributed by atoms with E-state index < -0.39 is 29.3 Å². The molecule has 1 unspecified atom stereocenters. The minimum Gasteiger partial charge on any atom is -0.466 e. The quantitative estimate of drug-likeness (QED) is 0.553. The minimum atomic E-state index is -2.42. The van der Waals surface area contributed by atoms with Crippen LogP contribution in [0.4, 0.5) is 0 Å². The second-order valence-electron chi connectivity index (χ2n) is 5.81. The minimum absolute atomic E-state index is 0.242. The highest BCUT2D eigenvalue weighted by atomic mass is 35.5. The maximum absolute atomic E-state index is 12.4. The van der Waals surface area contributed by atoms with Gasteiger partial charge >= 0.3 is 11.9 Å². The van der Waals surface area contributed by atoms with E-state index in [4.69, 9.17) is 37.4 Å². The van der Waals surface area contributed by atoms with Crippen molar-refractivity contribution in [3.63, 3.8) is 0 Å². The van der Waals surface area contributed by atoms with E-state index in [-0.39, 0.29) is 11.1 Å². The highest BCUT2D eigenvalue weighted by Gasteiger charge is 2.59. The molecule has 3 rings (SSSR count). The Morgan fingerprint density at radius 1 is 1.35 bits per heavy atom. The zero-order valence-electron chi connectivity index (χ0n) is 13.8. The molecular weight excluding hydrogens is 359 g/mol. The number of ether oxygens (including phenoxy) is 2. The van der Waals surface area contributed by atoms with Crippen LogP contribution in [0, 0.1) is 5.41 Å². The fourth-order valence-electron chi connectivity index (χ4n) is 3.59. The summed E-state index contributed by atoms with van der Waals surface area (Å²) in [6.45, 7) is 5.95. The van der Waals surface area contributed by atoms with E-state index in [0.29, 0.717) is 17.8 Å². The number of allylic oxidation sites excluding steroid dienone is 2. The van der Waals surface area contributed by atoms with Crippen LogP contribution in [0.15, 0.2) is 21.8 Å². The van der Waals surface area contributed by atoms with Crippen molar-refractivity contribution in [1.29, 1.82) is 0 Å². The Morgan fingerprint density at radius 2 is 1.91 bits per heavy atom. The predicted molar refractivity (Wildman–Crippen MR) is 92.3 cm³/mol.